The minimum absolute atomic E-state index is 0.115. The smallest absolute Gasteiger partial charge is 0.326 e. The van der Waals surface area contributed by atoms with Crippen LogP contribution in [0.15, 0.2) is 0 Å². The molecule has 11 nitrogen and oxygen atoms in total. The number of carbonyl (C=O) groups excluding carboxylic acids is 3. The van der Waals surface area contributed by atoms with Gasteiger partial charge in [-0.3, -0.25) is 14.4 Å². The first-order chi connectivity index (χ1) is 12.6. The molecular weight excluding hydrogens is 358 g/mol. The maximum Gasteiger partial charge on any atom is 0.326 e. The van der Waals surface area contributed by atoms with Crippen LogP contribution in [-0.2, 0) is 19.2 Å². The first-order valence-electron chi connectivity index (χ1n) is 8.80. The van der Waals surface area contributed by atoms with E-state index in [0.29, 0.717) is 19.4 Å². The van der Waals surface area contributed by atoms with Gasteiger partial charge in [-0.25, -0.2) is 4.79 Å². The van der Waals surface area contributed by atoms with Gasteiger partial charge in [0.2, 0.25) is 17.7 Å². The third-order valence-electron chi connectivity index (χ3n) is 3.84. The zero-order valence-electron chi connectivity index (χ0n) is 15.7. The van der Waals surface area contributed by atoms with Gasteiger partial charge in [-0.15, -0.1) is 0 Å². The van der Waals surface area contributed by atoms with Gasteiger partial charge in [-0.05, 0) is 31.7 Å². The van der Waals surface area contributed by atoms with E-state index >= 15 is 0 Å². The van der Waals surface area contributed by atoms with Gasteiger partial charge in [0.05, 0.1) is 19.2 Å². The highest BCUT2D eigenvalue weighted by Crippen LogP contribution is 2.01. The first kappa shape index (κ1) is 24.8. The molecule has 0 rings (SSSR count). The monoisotopic (exact) mass is 389 g/mol. The van der Waals surface area contributed by atoms with E-state index in [1.165, 1.54) is 0 Å². The summed E-state index contributed by atoms with van der Waals surface area (Å²) in [6.07, 6.45) is 1.29. The fourth-order valence-electron chi connectivity index (χ4n) is 2.05. The largest absolute Gasteiger partial charge is 0.480 e. The SMILES string of the molecule is CC(C)C(N)C(=O)NCC(=O)NC(CO)C(=O)NC(CCCCN)C(=O)O. The minimum Gasteiger partial charge on any atom is -0.480 e. The molecular formula is C16H31N5O6. The molecule has 0 aromatic carbocycles. The number of amides is 3. The highest BCUT2D eigenvalue weighted by molar-refractivity contribution is 5.92. The predicted molar refractivity (Wildman–Crippen MR) is 97.3 cm³/mol. The van der Waals surface area contributed by atoms with Crippen LogP contribution in [0.1, 0.15) is 33.1 Å². The van der Waals surface area contributed by atoms with E-state index in [2.05, 4.69) is 16.0 Å². The maximum absolute atomic E-state index is 12.1. The number of aliphatic hydroxyl groups is 1. The fourth-order valence-corrected chi connectivity index (χ4v) is 2.05. The molecule has 27 heavy (non-hydrogen) atoms. The van der Waals surface area contributed by atoms with Gasteiger partial charge in [0.1, 0.15) is 12.1 Å². The average molecular weight is 389 g/mol. The lowest BCUT2D eigenvalue weighted by atomic mass is 10.1. The quantitative estimate of drug-likeness (QED) is 0.165. The van der Waals surface area contributed by atoms with Crippen molar-refractivity contribution >= 4 is 23.7 Å². The van der Waals surface area contributed by atoms with Crippen LogP contribution >= 0.6 is 0 Å². The van der Waals surface area contributed by atoms with Gasteiger partial charge >= 0.3 is 5.97 Å². The summed E-state index contributed by atoms with van der Waals surface area (Å²) in [4.78, 5) is 46.9. The number of unbranched alkanes of at least 4 members (excludes halogenated alkanes) is 1. The molecule has 3 amide bonds. The van der Waals surface area contributed by atoms with E-state index in [-0.39, 0.29) is 12.3 Å². The summed E-state index contributed by atoms with van der Waals surface area (Å²) in [5, 5.41) is 25.3. The molecule has 0 aliphatic carbocycles. The number of hydrogen-bond donors (Lipinski definition) is 7. The predicted octanol–water partition coefficient (Wildman–Crippen LogP) is -2.74. The average Bonchev–Trinajstić information content (AvgIpc) is 2.62. The van der Waals surface area contributed by atoms with E-state index in [9.17, 15) is 24.3 Å². The van der Waals surface area contributed by atoms with Gasteiger partial charge in [0.15, 0.2) is 0 Å². The van der Waals surface area contributed by atoms with Crippen LogP contribution in [0.4, 0.5) is 0 Å². The van der Waals surface area contributed by atoms with Crippen molar-refractivity contribution in [2.24, 2.45) is 17.4 Å². The Morgan fingerprint density at radius 3 is 2.11 bits per heavy atom. The van der Waals surface area contributed by atoms with E-state index in [4.69, 9.17) is 16.6 Å². The summed E-state index contributed by atoms with van der Waals surface area (Å²) in [5.41, 5.74) is 11.0. The number of nitrogens with two attached hydrogens (primary N) is 2. The topological polar surface area (TPSA) is 197 Å². The Hall–Kier alpha value is -2.24. The van der Waals surface area contributed by atoms with Crippen molar-refractivity contribution in [2.45, 2.75) is 51.2 Å². The zero-order chi connectivity index (χ0) is 21.0. The molecule has 0 fully saturated rings. The van der Waals surface area contributed by atoms with Crippen LogP contribution in [0, 0.1) is 5.92 Å². The van der Waals surface area contributed by atoms with Crippen molar-refractivity contribution in [2.75, 3.05) is 19.7 Å². The van der Waals surface area contributed by atoms with Gasteiger partial charge < -0.3 is 37.6 Å². The van der Waals surface area contributed by atoms with Crippen molar-refractivity contribution in [1.82, 2.24) is 16.0 Å². The van der Waals surface area contributed by atoms with Crippen LogP contribution in [0.5, 0.6) is 0 Å². The summed E-state index contributed by atoms with van der Waals surface area (Å²) in [6, 6.07) is -3.28. The molecule has 0 bridgehead atoms. The fraction of sp³-hybridized carbons (Fsp3) is 0.750. The highest BCUT2D eigenvalue weighted by Gasteiger charge is 2.26. The third-order valence-corrected chi connectivity index (χ3v) is 3.84. The minimum atomic E-state index is -1.34. The lowest BCUT2D eigenvalue weighted by molar-refractivity contribution is -0.142. The second-order valence-corrected chi connectivity index (χ2v) is 6.47. The summed E-state index contributed by atoms with van der Waals surface area (Å²) in [6.45, 7) is 2.75. The Labute approximate surface area is 158 Å². The highest BCUT2D eigenvalue weighted by atomic mass is 16.4. The molecule has 3 unspecified atom stereocenters. The Morgan fingerprint density at radius 2 is 1.63 bits per heavy atom. The molecule has 0 saturated heterocycles. The number of carboxylic acid groups (broad SMARTS) is 1. The second kappa shape index (κ2) is 13.0. The van der Waals surface area contributed by atoms with Crippen molar-refractivity contribution in [3.05, 3.63) is 0 Å². The first-order valence-corrected chi connectivity index (χ1v) is 8.80. The Morgan fingerprint density at radius 1 is 1.00 bits per heavy atom. The lowest BCUT2D eigenvalue weighted by Crippen LogP contribution is -2.55. The van der Waals surface area contributed by atoms with E-state index in [1.807, 2.05) is 0 Å². The van der Waals surface area contributed by atoms with Crippen LogP contribution < -0.4 is 27.4 Å². The summed E-state index contributed by atoms with van der Waals surface area (Å²) in [5.74, 6) is -3.41. The molecule has 0 aliphatic heterocycles. The van der Waals surface area contributed by atoms with E-state index < -0.39 is 55.0 Å². The van der Waals surface area contributed by atoms with Gasteiger partial charge in [0.25, 0.3) is 0 Å². The number of aliphatic carboxylic acids is 1. The zero-order valence-corrected chi connectivity index (χ0v) is 15.7. The molecule has 0 spiro atoms. The molecule has 0 saturated carbocycles. The number of aliphatic hydroxyl groups excluding tert-OH is 1. The summed E-state index contributed by atoms with van der Waals surface area (Å²) < 4.78 is 0. The molecule has 156 valence electrons. The lowest BCUT2D eigenvalue weighted by Gasteiger charge is -2.20. The number of nitrogens with one attached hydrogen (secondary N) is 3. The number of carboxylic acids is 1. The Balaban J connectivity index is 4.58. The third kappa shape index (κ3) is 9.87. The maximum atomic E-state index is 12.1. The summed E-state index contributed by atoms with van der Waals surface area (Å²) in [7, 11) is 0. The van der Waals surface area contributed by atoms with Crippen LogP contribution in [0.25, 0.3) is 0 Å². The molecule has 0 heterocycles. The number of hydrogen-bond acceptors (Lipinski definition) is 7. The standard InChI is InChI=1S/C16H31N5O6/c1-9(2)13(18)15(25)19-7-12(23)20-11(8-22)14(24)21-10(16(26)27)5-3-4-6-17/h9-11,13,22H,3-8,17-18H2,1-2H3,(H,19,25)(H,20,23)(H,21,24)(H,26,27). The van der Waals surface area contributed by atoms with Crippen molar-refractivity contribution < 1.29 is 29.4 Å². The van der Waals surface area contributed by atoms with Crippen molar-refractivity contribution in [3.8, 4) is 0 Å². The number of carbonyl (C=O) groups is 4. The van der Waals surface area contributed by atoms with E-state index in [1.54, 1.807) is 13.8 Å². The van der Waals surface area contributed by atoms with Crippen molar-refractivity contribution in [1.29, 1.82) is 0 Å². The van der Waals surface area contributed by atoms with Crippen LogP contribution in [0.2, 0.25) is 0 Å². The van der Waals surface area contributed by atoms with Gasteiger partial charge in [-0.1, -0.05) is 13.8 Å². The molecule has 0 aromatic rings. The van der Waals surface area contributed by atoms with Crippen molar-refractivity contribution in [3.63, 3.8) is 0 Å². The molecule has 11 heteroatoms. The molecule has 0 aliphatic rings. The molecule has 9 N–H and O–H groups in total. The molecule has 0 aromatic heterocycles. The second-order valence-electron chi connectivity index (χ2n) is 6.47. The Bertz CT molecular complexity index is 514. The van der Waals surface area contributed by atoms with Gasteiger partial charge in [-0.2, -0.15) is 0 Å². The van der Waals surface area contributed by atoms with Crippen LogP contribution in [-0.4, -0.2) is 71.7 Å². The van der Waals surface area contributed by atoms with Gasteiger partial charge in [0, 0.05) is 0 Å². The number of rotatable bonds is 13. The van der Waals surface area contributed by atoms with Crippen LogP contribution in [0.3, 0.4) is 0 Å². The molecule has 3 atom stereocenters. The summed E-state index contributed by atoms with van der Waals surface area (Å²) >= 11 is 0. The normalized spacial score (nSPS) is 14.1. The van der Waals surface area contributed by atoms with E-state index in [0.717, 1.165) is 0 Å². The molecule has 0 radical (unpaired) electrons. The Kier molecular flexibility index (Phi) is 11.9.